The zero-order valence-electron chi connectivity index (χ0n) is 29.8. The van der Waals surface area contributed by atoms with Crippen LogP contribution < -0.4 is 5.19 Å². The fraction of sp³-hybridized carbons (Fsp3) is 0.227. The molecular formula is C44H43IrN3OSi-2. The average molecular weight is 850 g/mol. The van der Waals surface area contributed by atoms with Crippen molar-refractivity contribution < 1.29 is 24.5 Å². The Kier molecular flexibility index (Phi) is 10.3. The predicted molar refractivity (Wildman–Crippen MR) is 209 cm³/mol. The number of hydrogen-bond donors (Lipinski definition) is 0. The van der Waals surface area contributed by atoms with Crippen LogP contribution >= 0.6 is 0 Å². The van der Waals surface area contributed by atoms with Crippen molar-refractivity contribution in [3.8, 4) is 22.6 Å². The van der Waals surface area contributed by atoms with Crippen LogP contribution in [0.1, 0.15) is 39.3 Å². The van der Waals surface area contributed by atoms with E-state index >= 15 is 0 Å². The number of hydrogen-bond acceptors (Lipinski definition) is 3. The largest absolute Gasteiger partial charge is 0.500 e. The van der Waals surface area contributed by atoms with E-state index in [0.29, 0.717) is 5.92 Å². The van der Waals surface area contributed by atoms with Crippen molar-refractivity contribution in [2.75, 3.05) is 0 Å². The van der Waals surface area contributed by atoms with Gasteiger partial charge in [-0.2, -0.15) is 0 Å². The fourth-order valence-electron chi connectivity index (χ4n) is 6.82. The van der Waals surface area contributed by atoms with Crippen LogP contribution in [0, 0.1) is 18.1 Å². The molecule has 1 radical (unpaired) electrons. The first kappa shape index (κ1) is 35.5. The minimum atomic E-state index is -1.34. The van der Waals surface area contributed by atoms with Crippen LogP contribution in [0.25, 0.3) is 66.4 Å². The third kappa shape index (κ3) is 6.98. The van der Waals surface area contributed by atoms with Crippen LogP contribution in [0.4, 0.5) is 0 Å². The summed E-state index contributed by atoms with van der Waals surface area (Å²) in [4.78, 5) is 9.79. The van der Waals surface area contributed by atoms with Gasteiger partial charge in [0.25, 0.3) is 0 Å². The Hall–Kier alpha value is -4.35. The van der Waals surface area contributed by atoms with E-state index in [1.165, 1.54) is 21.5 Å². The van der Waals surface area contributed by atoms with Gasteiger partial charge in [-0.3, -0.25) is 4.98 Å². The fourth-order valence-corrected chi connectivity index (χ4v) is 8.41. The van der Waals surface area contributed by atoms with Gasteiger partial charge >= 0.3 is 0 Å². The van der Waals surface area contributed by atoms with Crippen LogP contribution in [0.2, 0.25) is 19.6 Å². The van der Waals surface area contributed by atoms with Gasteiger partial charge in [-0.25, -0.2) is 0 Å². The summed E-state index contributed by atoms with van der Waals surface area (Å²) in [6.45, 7) is 16.1. The van der Waals surface area contributed by atoms with E-state index < -0.39 is 8.07 Å². The Morgan fingerprint density at radius 2 is 1.50 bits per heavy atom. The maximum absolute atomic E-state index is 5.98. The van der Waals surface area contributed by atoms with Gasteiger partial charge in [0.15, 0.2) is 0 Å². The maximum atomic E-state index is 5.98. The molecule has 4 nitrogen and oxygen atoms in total. The van der Waals surface area contributed by atoms with Gasteiger partial charge in [0.05, 0.1) is 30.5 Å². The summed E-state index contributed by atoms with van der Waals surface area (Å²) in [6, 6.07) is 42.3. The molecule has 0 amide bonds. The Bertz CT molecular complexity index is 2420. The van der Waals surface area contributed by atoms with E-state index in [2.05, 4.69) is 136 Å². The molecule has 8 aromatic rings. The quantitative estimate of drug-likeness (QED) is 0.124. The molecule has 0 atom stereocenters. The Balaban J connectivity index is 0.000000182. The summed E-state index contributed by atoms with van der Waals surface area (Å²) in [5.74, 6) is 1.61. The molecule has 0 aliphatic heterocycles. The normalized spacial score (nSPS) is 11.8. The predicted octanol–water partition coefficient (Wildman–Crippen LogP) is 11.4. The Morgan fingerprint density at radius 1 is 0.760 bits per heavy atom. The number of aromatic nitrogens is 3. The van der Waals surface area contributed by atoms with Gasteiger partial charge in [-0.15, -0.1) is 59.7 Å². The second-order valence-electron chi connectivity index (χ2n) is 14.6. The standard InChI is InChI=1S/C26H19N2O.C18H24NSi.Ir/c1-16(2)28-22-13-11-17-7-3-4-8-19(17)25(22)27-26(28)18-12-14-24-21(15-18)20-9-5-6-10-23(20)29-24;1-14(2)11-16-12-17(15-9-7-6-8-10-15)19-13-18(16)20(3,4)5;/h3-11,13-16H,1-2H3;6-9,12-14H,11H2,1-5H3;/q2*-1;. The van der Waals surface area contributed by atoms with E-state index in [-0.39, 0.29) is 26.1 Å². The second kappa shape index (κ2) is 14.5. The molecule has 0 saturated heterocycles. The van der Waals surface area contributed by atoms with Crippen molar-refractivity contribution in [3.63, 3.8) is 0 Å². The van der Waals surface area contributed by atoms with Crippen LogP contribution in [0.15, 0.2) is 114 Å². The first-order valence-electron chi connectivity index (χ1n) is 17.3. The first-order valence-corrected chi connectivity index (χ1v) is 20.8. The topological polar surface area (TPSA) is 43.9 Å². The second-order valence-corrected chi connectivity index (χ2v) is 19.7. The summed E-state index contributed by atoms with van der Waals surface area (Å²) in [7, 11) is -1.34. The molecule has 0 bridgehead atoms. The van der Waals surface area contributed by atoms with Crippen molar-refractivity contribution in [1.29, 1.82) is 0 Å². The van der Waals surface area contributed by atoms with Gasteiger partial charge in [0, 0.05) is 43.1 Å². The van der Waals surface area contributed by atoms with Crippen LogP contribution in [-0.4, -0.2) is 22.6 Å². The molecule has 0 unspecified atom stereocenters. The van der Waals surface area contributed by atoms with Crippen LogP contribution in [0.3, 0.4) is 0 Å². The molecule has 0 fully saturated rings. The molecule has 0 N–H and O–H groups in total. The van der Waals surface area contributed by atoms with Crippen LogP contribution in [0.5, 0.6) is 0 Å². The minimum absolute atomic E-state index is 0. The molecule has 3 heterocycles. The number of fused-ring (bicyclic) bond motifs is 6. The van der Waals surface area contributed by atoms with E-state index in [0.717, 1.165) is 62.0 Å². The van der Waals surface area contributed by atoms with Crippen molar-refractivity contribution >= 4 is 57.0 Å². The molecule has 8 rings (SSSR count). The van der Waals surface area contributed by atoms with Crippen LogP contribution in [-0.2, 0) is 26.5 Å². The van der Waals surface area contributed by atoms with Gasteiger partial charge in [0.2, 0.25) is 0 Å². The zero-order valence-corrected chi connectivity index (χ0v) is 33.2. The van der Waals surface area contributed by atoms with Crippen molar-refractivity contribution in [1.82, 2.24) is 14.5 Å². The summed E-state index contributed by atoms with van der Waals surface area (Å²) < 4.78 is 8.29. The van der Waals surface area contributed by atoms with E-state index in [9.17, 15) is 0 Å². The number of pyridine rings is 1. The third-order valence-electron chi connectivity index (χ3n) is 9.06. The summed E-state index contributed by atoms with van der Waals surface area (Å²) >= 11 is 0. The molecule has 50 heavy (non-hydrogen) atoms. The monoisotopic (exact) mass is 850 g/mol. The SMILES string of the molecule is CC(C)Cc1cc(-c2[c-]cccc2)ncc1[Si](C)(C)C.CC(C)n1c(-c2[c-]cc3oc4ccccc4c3c2)nc2c3ccccc3ccc21.[Ir]. The van der Waals surface area contributed by atoms with E-state index in [1.807, 2.05) is 42.5 Å². The number of benzene rings is 5. The molecule has 3 aromatic heterocycles. The van der Waals surface area contributed by atoms with E-state index in [4.69, 9.17) is 9.40 Å². The summed E-state index contributed by atoms with van der Waals surface area (Å²) in [5.41, 5.74) is 8.53. The number of para-hydroxylation sites is 1. The number of imidazole rings is 1. The number of furan rings is 1. The molecule has 255 valence electrons. The van der Waals surface area contributed by atoms with Crippen molar-refractivity contribution in [3.05, 3.63) is 127 Å². The third-order valence-corrected chi connectivity index (χ3v) is 11.1. The van der Waals surface area contributed by atoms with Gasteiger partial charge in [0.1, 0.15) is 5.58 Å². The average Bonchev–Trinajstić information content (AvgIpc) is 3.67. The van der Waals surface area contributed by atoms with Crippen molar-refractivity contribution in [2.45, 2.75) is 59.8 Å². The number of rotatable bonds is 6. The zero-order chi connectivity index (χ0) is 34.3. The molecule has 0 aliphatic rings. The molecular weight excluding hydrogens is 807 g/mol. The minimum Gasteiger partial charge on any atom is -0.500 e. The molecule has 0 aliphatic carbocycles. The molecule has 0 saturated carbocycles. The summed E-state index contributed by atoms with van der Waals surface area (Å²) in [5, 5.41) is 6.10. The first-order chi connectivity index (χ1) is 23.6. The van der Waals surface area contributed by atoms with Crippen molar-refractivity contribution in [2.24, 2.45) is 5.92 Å². The molecule has 5 aromatic carbocycles. The maximum Gasteiger partial charge on any atom is 0.120 e. The Morgan fingerprint density at radius 3 is 2.22 bits per heavy atom. The smallest absolute Gasteiger partial charge is 0.120 e. The molecule has 6 heteroatoms. The van der Waals surface area contributed by atoms with Gasteiger partial charge in [-0.1, -0.05) is 99.0 Å². The summed E-state index contributed by atoms with van der Waals surface area (Å²) in [6.07, 6.45) is 3.24. The van der Waals surface area contributed by atoms with E-state index in [1.54, 1.807) is 0 Å². The molecule has 0 spiro atoms. The Labute approximate surface area is 309 Å². The van der Waals surface area contributed by atoms with Gasteiger partial charge < -0.3 is 14.0 Å². The van der Waals surface area contributed by atoms with Gasteiger partial charge in [-0.05, 0) is 54.6 Å². The number of nitrogens with zero attached hydrogens (tertiary/aromatic N) is 3.